The van der Waals surface area contributed by atoms with Crippen LogP contribution in [0, 0.1) is 0 Å². The third kappa shape index (κ3) is 6.97. The van der Waals surface area contributed by atoms with Crippen molar-refractivity contribution in [3.63, 3.8) is 0 Å². The molecule has 1 aromatic rings. The maximum absolute atomic E-state index is 6.17. The number of hydrogen-bond acceptors (Lipinski definition) is 1. The molecule has 1 nitrogen and oxygen atoms in total. The molecule has 1 fully saturated rings. The maximum Gasteiger partial charge on any atom is 0.0575 e. The van der Waals surface area contributed by atoms with Crippen LogP contribution in [0.2, 0.25) is 0 Å². The highest BCUT2D eigenvalue weighted by Crippen LogP contribution is 2.30. The topological polar surface area (TPSA) is 9.23 Å². The molecule has 1 aromatic carbocycles. The van der Waals surface area contributed by atoms with Crippen molar-refractivity contribution < 1.29 is 4.74 Å². The second-order valence-corrected chi connectivity index (χ2v) is 7.63. The van der Waals surface area contributed by atoms with Crippen molar-refractivity contribution in [2.45, 2.75) is 103 Å². The highest BCUT2D eigenvalue weighted by molar-refractivity contribution is 5.26. The average molecular weight is 331 g/mol. The Bertz CT molecular complexity index is 414. The molecular formula is C23H38O. The zero-order chi connectivity index (χ0) is 17.0. The van der Waals surface area contributed by atoms with Gasteiger partial charge in [0.1, 0.15) is 0 Å². The summed E-state index contributed by atoms with van der Waals surface area (Å²) in [6.07, 6.45) is 16.4. The van der Waals surface area contributed by atoms with E-state index in [-0.39, 0.29) is 0 Å². The van der Waals surface area contributed by atoms with Crippen molar-refractivity contribution in [3.8, 4) is 0 Å². The predicted molar refractivity (Wildman–Crippen MR) is 105 cm³/mol. The fraction of sp³-hybridized carbons (Fsp3) is 0.739. The summed E-state index contributed by atoms with van der Waals surface area (Å²) in [5, 5.41) is 0. The smallest absolute Gasteiger partial charge is 0.0575 e. The van der Waals surface area contributed by atoms with Crippen LogP contribution in [-0.4, -0.2) is 12.7 Å². The van der Waals surface area contributed by atoms with Gasteiger partial charge in [-0.3, -0.25) is 0 Å². The Morgan fingerprint density at radius 2 is 1.54 bits per heavy atom. The summed E-state index contributed by atoms with van der Waals surface area (Å²) < 4.78 is 6.17. The van der Waals surface area contributed by atoms with Gasteiger partial charge in [0, 0.05) is 5.92 Å². The summed E-state index contributed by atoms with van der Waals surface area (Å²) in [4.78, 5) is 0. The molecule has 0 bridgehead atoms. The van der Waals surface area contributed by atoms with Crippen LogP contribution in [0.3, 0.4) is 0 Å². The van der Waals surface area contributed by atoms with Gasteiger partial charge in [0.15, 0.2) is 0 Å². The Hall–Kier alpha value is -0.820. The zero-order valence-electron chi connectivity index (χ0n) is 16.1. The van der Waals surface area contributed by atoms with E-state index < -0.39 is 0 Å². The lowest BCUT2D eigenvalue weighted by molar-refractivity contribution is -0.00214. The molecule has 1 aliphatic heterocycles. The van der Waals surface area contributed by atoms with Crippen LogP contribution in [0.4, 0.5) is 0 Å². The van der Waals surface area contributed by atoms with Gasteiger partial charge in [-0.05, 0) is 43.2 Å². The molecule has 2 rings (SSSR count). The van der Waals surface area contributed by atoms with E-state index in [4.69, 9.17) is 4.74 Å². The first-order chi connectivity index (χ1) is 11.8. The fourth-order valence-corrected chi connectivity index (χ4v) is 3.79. The molecule has 0 N–H and O–H groups in total. The van der Waals surface area contributed by atoms with Crippen LogP contribution in [0.15, 0.2) is 24.3 Å². The van der Waals surface area contributed by atoms with Crippen LogP contribution < -0.4 is 0 Å². The molecule has 1 aliphatic rings. The number of hydrogen-bond donors (Lipinski definition) is 0. The minimum atomic E-state index is 0.524. The number of unbranched alkanes of at least 4 members (excludes halogenated alkanes) is 6. The first kappa shape index (κ1) is 19.5. The normalized spacial score (nSPS) is 21.1. The second kappa shape index (κ2) is 11.7. The fourth-order valence-electron chi connectivity index (χ4n) is 3.79. The lowest BCUT2D eigenvalue weighted by Gasteiger charge is -2.29. The Balaban J connectivity index is 1.63. The summed E-state index contributed by atoms with van der Waals surface area (Å²) in [6, 6.07) is 9.33. The van der Waals surface area contributed by atoms with Gasteiger partial charge in [0.25, 0.3) is 0 Å². The van der Waals surface area contributed by atoms with Gasteiger partial charge >= 0.3 is 0 Å². The van der Waals surface area contributed by atoms with Crippen LogP contribution in [0.5, 0.6) is 0 Å². The minimum Gasteiger partial charge on any atom is -0.378 e. The number of aryl methyl sites for hydroxylation is 1. The quantitative estimate of drug-likeness (QED) is 0.395. The van der Waals surface area contributed by atoms with E-state index in [9.17, 15) is 0 Å². The molecule has 0 spiro atoms. The largest absolute Gasteiger partial charge is 0.378 e. The van der Waals surface area contributed by atoms with E-state index in [1.54, 1.807) is 0 Å². The van der Waals surface area contributed by atoms with E-state index in [0.29, 0.717) is 12.0 Å². The third-order valence-electron chi connectivity index (χ3n) is 5.52. The van der Waals surface area contributed by atoms with Gasteiger partial charge in [-0.15, -0.1) is 0 Å². The van der Waals surface area contributed by atoms with Crippen molar-refractivity contribution in [1.82, 2.24) is 0 Å². The molecule has 2 atom stereocenters. The molecular weight excluding hydrogens is 292 g/mol. The van der Waals surface area contributed by atoms with Gasteiger partial charge in [-0.25, -0.2) is 0 Å². The van der Waals surface area contributed by atoms with Crippen molar-refractivity contribution in [2.24, 2.45) is 0 Å². The molecule has 0 radical (unpaired) electrons. The van der Waals surface area contributed by atoms with Crippen molar-refractivity contribution >= 4 is 0 Å². The van der Waals surface area contributed by atoms with E-state index in [1.165, 1.54) is 88.2 Å². The monoisotopic (exact) mass is 330 g/mol. The predicted octanol–water partition coefficient (Wildman–Crippen LogP) is 7.04. The summed E-state index contributed by atoms with van der Waals surface area (Å²) in [5.74, 6) is 0.617. The zero-order valence-corrected chi connectivity index (χ0v) is 16.1. The number of ether oxygens (including phenoxy) is 1. The molecule has 0 amide bonds. The summed E-state index contributed by atoms with van der Waals surface area (Å²) >= 11 is 0. The minimum absolute atomic E-state index is 0.524. The van der Waals surface area contributed by atoms with Gasteiger partial charge in [-0.1, -0.05) is 83.1 Å². The SMILES string of the molecule is CCCCCCCCC1CCC(c2ccc(CCCC)cc2)CO1. The molecule has 0 aliphatic carbocycles. The van der Waals surface area contributed by atoms with Crippen LogP contribution in [0.25, 0.3) is 0 Å². The molecule has 1 heterocycles. The number of rotatable bonds is 11. The van der Waals surface area contributed by atoms with E-state index >= 15 is 0 Å². The molecule has 1 saturated heterocycles. The van der Waals surface area contributed by atoms with Gasteiger partial charge in [0.05, 0.1) is 12.7 Å². The summed E-state index contributed by atoms with van der Waals surface area (Å²) in [5.41, 5.74) is 2.96. The average Bonchev–Trinajstić information content (AvgIpc) is 2.64. The highest BCUT2D eigenvalue weighted by atomic mass is 16.5. The van der Waals surface area contributed by atoms with Crippen molar-refractivity contribution in [2.75, 3.05) is 6.61 Å². The summed E-state index contributed by atoms with van der Waals surface area (Å²) in [6.45, 7) is 5.47. The van der Waals surface area contributed by atoms with E-state index in [0.717, 1.165) is 6.61 Å². The first-order valence-electron chi connectivity index (χ1n) is 10.5. The second-order valence-electron chi connectivity index (χ2n) is 7.63. The standard InChI is InChI=1S/C23H38O/c1-3-5-7-8-9-10-12-23-18-17-22(19-24-23)21-15-13-20(14-16-21)11-6-4-2/h13-16,22-23H,3-12,17-19H2,1-2H3. The Morgan fingerprint density at radius 3 is 2.21 bits per heavy atom. The van der Waals surface area contributed by atoms with Gasteiger partial charge < -0.3 is 4.74 Å². The van der Waals surface area contributed by atoms with E-state index in [2.05, 4.69) is 38.1 Å². The molecule has 2 unspecified atom stereocenters. The lowest BCUT2D eigenvalue weighted by Crippen LogP contribution is -2.24. The van der Waals surface area contributed by atoms with Crippen LogP contribution >= 0.6 is 0 Å². The number of benzene rings is 1. The first-order valence-corrected chi connectivity index (χ1v) is 10.5. The molecule has 1 heteroatoms. The van der Waals surface area contributed by atoms with E-state index in [1.807, 2.05) is 0 Å². The highest BCUT2D eigenvalue weighted by Gasteiger charge is 2.22. The Kier molecular flexibility index (Phi) is 9.50. The molecule has 0 saturated carbocycles. The lowest BCUT2D eigenvalue weighted by atomic mass is 9.89. The molecule has 136 valence electrons. The van der Waals surface area contributed by atoms with Crippen molar-refractivity contribution in [3.05, 3.63) is 35.4 Å². The van der Waals surface area contributed by atoms with Gasteiger partial charge in [-0.2, -0.15) is 0 Å². The Morgan fingerprint density at radius 1 is 0.833 bits per heavy atom. The Labute approximate surface area is 150 Å². The van der Waals surface area contributed by atoms with Crippen LogP contribution in [0.1, 0.15) is 102 Å². The van der Waals surface area contributed by atoms with Gasteiger partial charge in [0.2, 0.25) is 0 Å². The van der Waals surface area contributed by atoms with Crippen molar-refractivity contribution in [1.29, 1.82) is 0 Å². The maximum atomic E-state index is 6.17. The molecule has 24 heavy (non-hydrogen) atoms. The molecule has 0 aromatic heterocycles. The third-order valence-corrected chi connectivity index (χ3v) is 5.52. The summed E-state index contributed by atoms with van der Waals surface area (Å²) in [7, 11) is 0. The van der Waals surface area contributed by atoms with Crippen LogP contribution in [-0.2, 0) is 11.2 Å².